The molecule has 2 heterocycles. The van der Waals surface area contributed by atoms with Crippen LogP contribution in [0.2, 0.25) is 0 Å². The van der Waals surface area contributed by atoms with E-state index in [2.05, 4.69) is 31.0 Å². The number of hydrogen-bond donors (Lipinski definition) is 6. The number of aryl methyl sites for hydroxylation is 2. The monoisotopic (exact) mass is 582 g/mol. The molecule has 4 aromatic carbocycles. The Hall–Kier alpha value is -6.30. The van der Waals surface area contributed by atoms with Crippen LogP contribution in [-0.4, -0.2) is 21.6 Å². The average Bonchev–Trinajstić information content (AvgIpc) is 3.00. The van der Waals surface area contributed by atoms with Gasteiger partial charge in [0.2, 0.25) is 10.9 Å². The van der Waals surface area contributed by atoms with Crippen molar-refractivity contribution in [3.05, 3.63) is 126 Å². The number of benzene rings is 4. The van der Waals surface area contributed by atoms with Gasteiger partial charge in [-0.3, -0.25) is 41.2 Å². The Kier molecular flexibility index (Phi) is 6.86. The molecule has 0 saturated carbocycles. The van der Waals surface area contributed by atoms with E-state index < -0.39 is 0 Å². The fraction of sp³-hybridized carbons (Fsp3) is 0.0625. The predicted molar refractivity (Wildman–Crippen MR) is 172 cm³/mol. The van der Waals surface area contributed by atoms with Gasteiger partial charge in [0.05, 0.1) is 44.6 Å². The molecular weight excluding hydrogens is 556 g/mol. The van der Waals surface area contributed by atoms with Gasteiger partial charge in [0.15, 0.2) is 10.7 Å². The zero-order valence-corrected chi connectivity index (χ0v) is 23.7. The van der Waals surface area contributed by atoms with E-state index in [1.165, 1.54) is 0 Å². The molecule has 0 aliphatic heterocycles. The van der Waals surface area contributed by atoms with Crippen LogP contribution in [0.4, 0.5) is 11.4 Å². The molecule has 0 aliphatic rings. The lowest BCUT2D eigenvalue weighted by Gasteiger charge is -2.08. The Balaban J connectivity index is 1.49. The van der Waals surface area contributed by atoms with E-state index in [9.17, 15) is 9.59 Å². The second kappa shape index (κ2) is 10.8. The molecule has 6 aromatic rings. The first-order chi connectivity index (χ1) is 21.1. The van der Waals surface area contributed by atoms with E-state index in [1.54, 1.807) is 86.6 Å². The average molecular weight is 583 g/mol. The third kappa shape index (κ3) is 4.90. The minimum Gasteiger partial charge on any atom is -0.384 e. The van der Waals surface area contributed by atoms with E-state index in [1.807, 2.05) is 0 Å². The minimum absolute atomic E-state index is 0.0478. The van der Waals surface area contributed by atoms with Gasteiger partial charge in [-0.2, -0.15) is 10.2 Å². The fourth-order valence-electron chi connectivity index (χ4n) is 5.03. The van der Waals surface area contributed by atoms with E-state index in [4.69, 9.17) is 22.3 Å². The molecule has 0 aliphatic carbocycles. The lowest BCUT2D eigenvalue weighted by molar-refractivity contribution is 1.10. The molecule has 0 saturated heterocycles. The Morgan fingerprint density at radius 2 is 0.977 bits per heavy atom. The Bertz CT molecular complexity index is 2220. The van der Waals surface area contributed by atoms with Crippen molar-refractivity contribution in [1.29, 1.82) is 10.8 Å². The van der Waals surface area contributed by atoms with Gasteiger partial charge < -0.3 is 11.5 Å². The molecule has 216 valence electrons. The summed E-state index contributed by atoms with van der Waals surface area (Å²) in [6.07, 6.45) is 0. The molecule has 12 heteroatoms. The molecule has 0 amide bonds. The van der Waals surface area contributed by atoms with Crippen molar-refractivity contribution in [1.82, 2.24) is 9.97 Å². The van der Waals surface area contributed by atoms with Gasteiger partial charge in [0, 0.05) is 11.1 Å². The summed E-state index contributed by atoms with van der Waals surface area (Å²) < 4.78 is 0. The third-order valence-corrected chi connectivity index (χ3v) is 7.29. The number of anilines is 2. The van der Waals surface area contributed by atoms with Crippen LogP contribution in [0, 0.1) is 24.7 Å². The molecule has 44 heavy (non-hydrogen) atoms. The summed E-state index contributed by atoms with van der Waals surface area (Å²) >= 11 is 0. The molecule has 0 atom stereocenters. The first kappa shape index (κ1) is 27.8. The summed E-state index contributed by atoms with van der Waals surface area (Å²) in [6, 6.07) is 20.5. The van der Waals surface area contributed by atoms with Crippen LogP contribution in [0.5, 0.6) is 0 Å². The van der Waals surface area contributed by atoms with Crippen LogP contribution in [0.25, 0.3) is 32.6 Å². The van der Waals surface area contributed by atoms with Gasteiger partial charge in [0.1, 0.15) is 11.7 Å². The molecular formula is C32H26N10O2. The largest absolute Gasteiger partial charge is 0.384 e. The van der Waals surface area contributed by atoms with Crippen molar-refractivity contribution in [3.8, 4) is 0 Å². The quantitative estimate of drug-likeness (QED) is 0.0742. The number of nitrogen functional groups attached to an aromatic ring is 2. The summed E-state index contributed by atoms with van der Waals surface area (Å²) in [6.45, 7) is 3.42. The molecule has 12 nitrogen and oxygen atoms in total. The molecule has 6 rings (SSSR count). The highest BCUT2D eigenvalue weighted by Crippen LogP contribution is 2.26. The van der Waals surface area contributed by atoms with Crippen LogP contribution in [0.1, 0.15) is 22.5 Å². The van der Waals surface area contributed by atoms with E-state index in [0.717, 1.165) is 0 Å². The van der Waals surface area contributed by atoms with Gasteiger partial charge in [-0.05, 0) is 85.3 Å². The lowest BCUT2D eigenvalue weighted by atomic mass is 9.99. The maximum Gasteiger partial charge on any atom is 0.217 e. The van der Waals surface area contributed by atoms with Gasteiger partial charge >= 0.3 is 0 Å². The number of hydrogen-bond acceptors (Lipinski definition) is 10. The number of rotatable bonds is 6. The molecule has 8 N–H and O–H groups in total. The molecule has 0 fully saturated rings. The number of nitrogens with two attached hydrogens (primary N) is 2. The van der Waals surface area contributed by atoms with Crippen LogP contribution < -0.4 is 43.9 Å². The number of fused-ring (bicyclic) bond motifs is 5. The Morgan fingerprint density at radius 1 is 0.614 bits per heavy atom. The van der Waals surface area contributed by atoms with E-state index in [-0.39, 0.29) is 33.2 Å². The zero-order chi connectivity index (χ0) is 31.1. The van der Waals surface area contributed by atoms with Crippen molar-refractivity contribution in [3.63, 3.8) is 0 Å². The first-order valence-corrected chi connectivity index (χ1v) is 13.5. The Labute approximate surface area is 249 Å². The number of aromatic nitrogens is 2. The van der Waals surface area contributed by atoms with Gasteiger partial charge in [-0.25, -0.2) is 0 Å². The van der Waals surface area contributed by atoms with Gasteiger partial charge in [-0.1, -0.05) is 12.1 Å². The van der Waals surface area contributed by atoms with Crippen LogP contribution in [-0.2, 0) is 0 Å². The standard InChI is InChI=1S/C32H26N10O2/c1-15-27(41-39-19-7-3-17(4-8-19)31(33)34)29(43)25-21-12-14-24-26(22(21)11-13-23(25)37-15)30(44)28(16(2)38-24)42-40-20-9-5-18(6-10-20)32(35)36/h3-14,39-40H,1-2H3,(H3,33,34)(H3,35,36)/b41-27+,42-28+. The summed E-state index contributed by atoms with van der Waals surface area (Å²) in [5, 5.41) is 25.9. The van der Waals surface area contributed by atoms with Crippen molar-refractivity contribution in [2.24, 2.45) is 21.7 Å². The number of nitrogens with one attached hydrogen (secondary N) is 4. The number of amidine groups is 2. The highest BCUT2D eigenvalue weighted by molar-refractivity contribution is 6.15. The van der Waals surface area contributed by atoms with Crippen molar-refractivity contribution in [2.45, 2.75) is 13.8 Å². The molecule has 0 unspecified atom stereocenters. The maximum absolute atomic E-state index is 13.8. The zero-order valence-electron chi connectivity index (χ0n) is 23.7. The third-order valence-electron chi connectivity index (χ3n) is 7.29. The second-order valence-electron chi connectivity index (χ2n) is 10.2. The summed E-state index contributed by atoms with van der Waals surface area (Å²) in [5.74, 6) is -0.0955. The molecule has 0 bridgehead atoms. The highest BCUT2D eigenvalue weighted by Gasteiger charge is 2.15. The lowest BCUT2D eigenvalue weighted by Crippen LogP contribution is -2.31. The summed E-state index contributed by atoms with van der Waals surface area (Å²) in [5.41, 5.74) is 20.4. The fourth-order valence-corrected chi connectivity index (χ4v) is 5.03. The van der Waals surface area contributed by atoms with Crippen molar-refractivity contribution in [2.75, 3.05) is 10.9 Å². The van der Waals surface area contributed by atoms with Crippen LogP contribution in [0.3, 0.4) is 0 Å². The summed E-state index contributed by atoms with van der Waals surface area (Å²) in [7, 11) is 0. The Morgan fingerprint density at radius 3 is 1.32 bits per heavy atom. The van der Waals surface area contributed by atoms with E-state index >= 15 is 0 Å². The smallest absolute Gasteiger partial charge is 0.217 e. The second-order valence-corrected chi connectivity index (χ2v) is 10.2. The minimum atomic E-state index is -0.335. The van der Waals surface area contributed by atoms with E-state index in [0.29, 0.717) is 66.5 Å². The van der Waals surface area contributed by atoms with Crippen molar-refractivity contribution >= 4 is 55.6 Å². The molecule has 2 aromatic heterocycles. The van der Waals surface area contributed by atoms with Gasteiger partial charge in [-0.15, -0.1) is 0 Å². The van der Waals surface area contributed by atoms with Gasteiger partial charge in [0.25, 0.3) is 0 Å². The van der Waals surface area contributed by atoms with Crippen LogP contribution in [0.15, 0.2) is 92.6 Å². The number of nitrogens with zero attached hydrogens (tertiary/aromatic N) is 4. The maximum atomic E-state index is 13.8. The summed E-state index contributed by atoms with van der Waals surface area (Å²) in [4.78, 5) is 36.9. The SMILES string of the molecule is Cc1nc2ccc3c(ccc4nc(C)/c(=N\Nc5ccc(C(=N)N)cc5)c(=O)c43)c2c(=O)/c1=N/Nc1ccc(C(=N)N)cc1. The predicted octanol–water partition coefficient (Wildman–Crippen LogP) is 2.57. The first-order valence-electron chi connectivity index (χ1n) is 13.5. The van der Waals surface area contributed by atoms with Crippen molar-refractivity contribution < 1.29 is 0 Å². The van der Waals surface area contributed by atoms with Crippen LogP contribution >= 0.6 is 0 Å². The molecule has 0 radical (unpaired) electrons. The highest BCUT2D eigenvalue weighted by atomic mass is 16.1. The number of pyridine rings is 2. The topological polar surface area (TPSA) is 208 Å². The normalized spacial score (nSPS) is 12.2. The molecule has 0 spiro atoms.